The number of aryl methyl sites for hydroxylation is 2. The van der Waals surface area contributed by atoms with Crippen LogP contribution in [0.3, 0.4) is 0 Å². The zero-order valence-corrected chi connectivity index (χ0v) is 16.0. The summed E-state index contributed by atoms with van der Waals surface area (Å²) in [6.45, 7) is 3.77. The van der Waals surface area contributed by atoms with Crippen LogP contribution in [0.4, 0.5) is 13.2 Å². The second-order valence-corrected chi connectivity index (χ2v) is 8.49. The number of carboxylic acids is 1. The van der Waals surface area contributed by atoms with E-state index in [1.165, 1.54) is 12.1 Å². The van der Waals surface area contributed by atoms with E-state index >= 15 is 0 Å². The molecule has 0 saturated carbocycles. The first-order valence-corrected chi connectivity index (χ1v) is 9.39. The lowest BCUT2D eigenvalue weighted by atomic mass is 10.2. The first kappa shape index (κ1) is 19.3. The van der Waals surface area contributed by atoms with Gasteiger partial charge < -0.3 is 5.11 Å². The standard InChI is InChI=1S/C16H14BrF3O2S2/c1-8-5-10(6-9(2)14(8)17)23-13(7-16(18,19)20)11-3-4-12(24-11)15(21)22/h3-6,13H,7H2,1-2H3,(H,21,22). The third-order valence-corrected chi connectivity index (χ3v) is 7.06. The van der Waals surface area contributed by atoms with Crippen molar-refractivity contribution in [2.24, 2.45) is 0 Å². The van der Waals surface area contributed by atoms with Gasteiger partial charge >= 0.3 is 12.1 Å². The lowest BCUT2D eigenvalue weighted by molar-refractivity contribution is -0.134. The van der Waals surface area contributed by atoms with Crippen molar-refractivity contribution in [1.82, 2.24) is 0 Å². The van der Waals surface area contributed by atoms with Crippen LogP contribution in [0.25, 0.3) is 0 Å². The quantitative estimate of drug-likeness (QED) is 0.533. The molecule has 0 bridgehead atoms. The van der Waals surface area contributed by atoms with Crippen LogP contribution < -0.4 is 0 Å². The van der Waals surface area contributed by atoms with E-state index in [4.69, 9.17) is 5.11 Å². The molecule has 0 radical (unpaired) electrons. The van der Waals surface area contributed by atoms with E-state index < -0.39 is 23.8 Å². The number of hydrogen-bond acceptors (Lipinski definition) is 3. The van der Waals surface area contributed by atoms with Crippen molar-refractivity contribution >= 4 is 45.0 Å². The van der Waals surface area contributed by atoms with Crippen LogP contribution >= 0.6 is 39.0 Å². The molecule has 0 fully saturated rings. The van der Waals surface area contributed by atoms with Crippen LogP contribution in [0, 0.1) is 13.8 Å². The monoisotopic (exact) mass is 438 g/mol. The van der Waals surface area contributed by atoms with Crippen molar-refractivity contribution in [3.8, 4) is 0 Å². The Morgan fingerprint density at radius 2 is 1.88 bits per heavy atom. The number of thioether (sulfide) groups is 1. The van der Waals surface area contributed by atoms with E-state index in [9.17, 15) is 18.0 Å². The van der Waals surface area contributed by atoms with Crippen LogP contribution in [-0.4, -0.2) is 17.3 Å². The Morgan fingerprint density at radius 1 is 1.29 bits per heavy atom. The normalized spacial score (nSPS) is 13.1. The van der Waals surface area contributed by atoms with E-state index in [0.717, 1.165) is 43.6 Å². The van der Waals surface area contributed by atoms with E-state index in [1.54, 1.807) is 0 Å². The number of alkyl halides is 3. The van der Waals surface area contributed by atoms with E-state index in [-0.39, 0.29) is 4.88 Å². The molecule has 0 saturated heterocycles. The van der Waals surface area contributed by atoms with Gasteiger partial charge in [0.1, 0.15) is 4.88 Å². The summed E-state index contributed by atoms with van der Waals surface area (Å²) in [5, 5.41) is 8.11. The second kappa shape index (κ2) is 7.49. The number of aromatic carboxylic acids is 1. The van der Waals surface area contributed by atoms with Gasteiger partial charge in [-0.1, -0.05) is 15.9 Å². The zero-order valence-electron chi connectivity index (χ0n) is 12.8. The molecular formula is C16H14BrF3O2S2. The summed E-state index contributed by atoms with van der Waals surface area (Å²) in [6, 6.07) is 6.48. The third-order valence-electron chi connectivity index (χ3n) is 3.26. The van der Waals surface area contributed by atoms with Gasteiger partial charge in [0.15, 0.2) is 0 Å². The molecule has 1 aromatic carbocycles. The first-order chi connectivity index (χ1) is 11.1. The summed E-state index contributed by atoms with van der Waals surface area (Å²) in [4.78, 5) is 12.2. The predicted molar refractivity (Wildman–Crippen MR) is 94.2 cm³/mol. The van der Waals surface area contributed by atoms with Crippen LogP contribution in [0.1, 0.15) is 37.3 Å². The molecule has 2 aromatic rings. The minimum Gasteiger partial charge on any atom is -0.477 e. The van der Waals surface area contributed by atoms with Crippen molar-refractivity contribution in [2.45, 2.75) is 36.6 Å². The SMILES string of the molecule is Cc1cc(SC(CC(F)(F)F)c2ccc(C(=O)O)s2)cc(C)c1Br. The van der Waals surface area contributed by atoms with Crippen molar-refractivity contribution in [3.05, 3.63) is 49.6 Å². The summed E-state index contributed by atoms with van der Waals surface area (Å²) in [7, 11) is 0. The fraction of sp³-hybridized carbons (Fsp3) is 0.312. The van der Waals surface area contributed by atoms with Gasteiger partial charge in [0, 0.05) is 14.2 Å². The number of halogens is 4. The first-order valence-electron chi connectivity index (χ1n) is 6.90. The molecule has 2 rings (SSSR count). The minimum atomic E-state index is -4.33. The zero-order chi connectivity index (χ0) is 18.1. The lowest BCUT2D eigenvalue weighted by Crippen LogP contribution is -2.11. The van der Waals surface area contributed by atoms with Crippen LogP contribution in [0.2, 0.25) is 0 Å². The van der Waals surface area contributed by atoms with E-state index in [0.29, 0.717) is 4.88 Å². The number of rotatable bonds is 5. The van der Waals surface area contributed by atoms with Gasteiger partial charge in [-0.25, -0.2) is 4.79 Å². The molecule has 24 heavy (non-hydrogen) atoms. The van der Waals surface area contributed by atoms with Gasteiger partial charge in [-0.2, -0.15) is 13.2 Å². The van der Waals surface area contributed by atoms with Gasteiger partial charge in [-0.3, -0.25) is 0 Å². The lowest BCUT2D eigenvalue weighted by Gasteiger charge is -2.18. The van der Waals surface area contributed by atoms with Crippen molar-refractivity contribution < 1.29 is 23.1 Å². The minimum absolute atomic E-state index is 0.0425. The molecule has 1 unspecified atom stereocenters. The van der Waals surface area contributed by atoms with Gasteiger partial charge in [-0.15, -0.1) is 23.1 Å². The van der Waals surface area contributed by atoms with E-state index in [2.05, 4.69) is 15.9 Å². The number of thiophene rings is 1. The number of carbonyl (C=O) groups is 1. The molecule has 2 nitrogen and oxygen atoms in total. The molecule has 0 aliphatic heterocycles. The Balaban J connectivity index is 2.34. The predicted octanol–water partition coefficient (Wildman–Crippen LogP) is 6.61. The van der Waals surface area contributed by atoms with Crippen LogP contribution in [0.15, 0.2) is 33.6 Å². The average Bonchev–Trinajstić information content (AvgIpc) is 2.92. The smallest absolute Gasteiger partial charge is 0.390 e. The highest BCUT2D eigenvalue weighted by atomic mass is 79.9. The molecule has 0 aliphatic carbocycles. The number of carboxylic acid groups (broad SMARTS) is 1. The Hall–Kier alpha value is -0.990. The Kier molecular flexibility index (Phi) is 6.04. The summed E-state index contributed by atoms with van der Waals surface area (Å²) in [5.74, 6) is -1.13. The Morgan fingerprint density at radius 3 is 2.33 bits per heavy atom. The fourth-order valence-corrected chi connectivity index (χ4v) is 4.82. The molecule has 8 heteroatoms. The van der Waals surface area contributed by atoms with E-state index in [1.807, 2.05) is 26.0 Å². The number of benzene rings is 1. The molecule has 0 spiro atoms. The summed E-state index contributed by atoms with van der Waals surface area (Å²) >= 11 is 5.44. The number of hydrogen-bond donors (Lipinski definition) is 1. The molecule has 1 heterocycles. The van der Waals surface area contributed by atoms with Crippen molar-refractivity contribution in [1.29, 1.82) is 0 Å². The maximum atomic E-state index is 12.9. The van der Waals surface area contributed by atoms with Crippen molar-refractivity contribution in [2.75, 3.05) is 0 Å². The summed E-state index contributed by atoms with van der Waals surface area (Å²) < 4.78 is 39.8. The molecule has 0 aliphatic rings. The third kappa shape index (κ3) is 5.00. The second-order valence-electron chi connectivity index (χ2n) is 5.30. The van der Waals surface area contributed by atoms with Gasteiger partial charge in [0.2, 0.25) is 0 Å². The van der Waals surface area contributed by atoms with Crippen LogP contribution in [-0.2, 0) is 0 Å². The molecular weight excluding hydrogens is 425 g/mol. The highest BCUT2D eigenvalue weighted by Crippen LogP contribution is 2.45. The van der Waals surface area contributed by atoms with Crippen LogP contribution in [0.5, 0.6) is 0 Å². The molecule has 0 amide bonds. The highest BCUT2D eigenvalue weighted by molar-refractivity contribution is 9.10. The molecule has 130 valence electrons. The molecule has 1 aromatic heterocycles. The molecule has 1 atom stereocenters. The molecule has 1 N–H and O–H groups in total. The fourth-order valence-electron chi connectivity index (χ4n) is 2.19. The maximum Gasteiger partial charge on any atom is 0.390 e. The van der Waals surface area contributed by atoms with Gasteiger partial charge in [0.25, 0.3) is 0 Å². The van der Waals surface area contributed by atoms with Gasteiger partial charge in [-0.05, 0) is 49.2 Å². The Bertz CT molecular complexity index is 733. The maximum absolute atomic E-state index is 12.9. The largest absolute Gasteiger partial charge is 0.477 e. The summed E-state index contributed by atoms with van der Waals surface area (Å²) in [5.41, 5.74) is 1.89. The summed E-state index contributed by atoms with van der Waals surface area (Å²) in [6.07, 6.45) is -5.34. The Labute approximate surface area is 154 Å². The topological polar surface area (TPSA) is 37.3 Å². The average molecular weight is 439 g/mol. The highest BCUT2D eigenvalue weighted by Gasteiger charge is 2.34. The van der Waals surface area contributed by atoms with Crippen molar-refractivity contribution in [3.63, 3.8) is 0 Å². The van der Waals surface area contributed by atoms with Gasteiger partial charge in [0.05, 0.1) is 11.7 Å².